The third kappa shape index (κ3) is 4.93. The number of rotatable bonds is 7. The van der Waals surface area contributed by atoms with Crippen LogP contribution in [0.15, 0.2) is 71.6 Å². The molecule has 0 saturated heterocycles. The monoisotopic (exact) mass is 411 g/mol. The van der Waals surface area contributed by atoms with Gasteiger partial charge in [-0.1, -0.05) is 42.5 Å². The second-order valence-corrected chi connectivity index (χ2v) is 9.15. The summed E-state index contributed by atoms with van der Waals surface area (Å²) in [5.41, 5.74) is 2.02. The van der Waals surface area contributed by atoms with Gasteiger partial charge in [-0.05, 0) is 40.6 Å². The molecule has 0 saturated carbocycles. The Labute approximate surface area is 171 Å². The van der Waals surface area contributed by atoms with E-state index in [2.05, 4.69) is 5.32 Å². The summed E-state index contributed by atoms with van der Waals surface area (Å²) in [6, 6.07) is 20.3. The maximum atomic E-state index is 12.8. The molecule has 0 aliphatic carbocycles. The van der Waals surface area contributed by atoms with Gasteiger partial charge in [0, 0.05) is 33.4 Å². The minimum atomic E-state index is -3.76. The van der Waals surface area contributed by atoms with Gasteiger partial charge in [0.1, 0.15) is 0 Å². The zero-order valence-electron chi connectivity index (χ0n) is 16.8. The molecule has 3 aromatic rings. The molecule has 3 aromatic carbocycles. The summed E-state index contributed by atoms with van der Waals surface area (Å²) in [6.07, 6.45) is 0. The van der Waals surface area contributed by atoms with Crippen molar-refractivity contribution in [3.8, 4) is 0 Å². The van der Waals surface area contributed by atoms with Gasteiger partial charge in [0.2, 0.25) is 15.9 Å². The lowest BCUT2D eigenvalue weighted by atomic mass is 10.1. The third-order valence-corrected chi connectivity index (χ3v) is 6.54. The first-order valence-corrected chi connectivity index (χ1v) is 10.7. The zero-order chi connectivity index (χ0) is 21.0. The van der Waals surface area contributed by atoms with Crippen LogP contribution in [0.1, 0.15) is 5.56 Å². The van der Waals surface area contributed by atoms with Gasteiger partial charge in [0.05, 0.1) is 11.4 Å². The molecule has 1 N–H and O–H groups in total. The van der Waals surface area contributed by atoms with E-state index in [-0.39, 0.29) is 17.3 Å². The number of nitrogens with one attached hydrogen (secondary N) is 1. The van der Waals surface area contributed by atoms with E-state index < -0.39 is 10.0 Å². The minimum absolute atomic E-state index is 0.172. The molecule has 0 aliphatic heterocycles. The summed E-state index contributed by atoms with van der Waals surface area (Å²) in [6.45, 7) is 0.0986. The molecular weight excluding hydrogens is 386 g/mol. The van der Waals surface area contributed by atoms with Crippen molar-refractivity contribution in [1.29, 1.82) is 0 Å². The van der Waals surface area contributed by atoms with E-state index in [9.17, 15) is 13.2 Å². The molecule has 6 nitrogen and oxygen atoms in total. The Balaban J connectivity index is 1.63. The van der Waals surface area contributed by atoms with Gasteiger partial charge in [0.25, 0.3) is 0 Å². The summed E-state index contributed by atoms with van der Waals surface area (Å²) >= 11 is 0. The smallest absolute Gasteiger partial charge is 0.243 e. The van der Waals surface area contributed by atoms with Gasteiger partial charge < -0.3 is 10.2 Å². The Morgan fingerprint density at radius 1 is 0.897 bits per heavy atom. The maximum absolute atomic E-state index is 12.8. The number of hydrogen-bond acceptors (Lipinski definition) is 4. The van der Waals surface area contributed by atoms with Crippen molar-refractivity contribution < 1.29 is 13.2 Å². The fraction of sp³-hybridized carbons (Fsp3) is 0.227. The average Bonchev–Trinajstić information content (AvgIpc) is 2.72. The summed E-state index contributed by atoms with van der Waals surface area (Å²) in [5.74, 6) is -0.353. The Kier molecular flexibility index (Phi) is 6.20. The Hall–Kier alpha value is -2.90. The van der Waals surface area contributed by atoms with Gasteiger partial charge in [-0.2, -0.15) is 4.31 Å². The molecule has 152 valence electrons. The number of carbonyl (C=O) groups excluding carboxylic acids is 1. The van der Waals surface area contributed by atoms with E-state index in [0.29, 0.717) is 6.54 Å². The van der Waals surface area contributed by atoms with Crippen molar-refractivity contribution in [2.24, 2.45) is 0 Å². The van der Waals surface area contributed by atoms with Crippen molar-refractivity contribution in [1.82, 2.24) is 9.62 Å². The van der Waals surface area contributed by atoms with Crippen molar-refractivity contribution >= 4 is 32.4 Å². The number of carbonyl (C=O) groups is 1. The fourth-order valence-electron chi connectivity index (χ4n) is 2.96. The zero-order valence-corrected chi connectivity index (χ0v) is 17.6. The topological polar surface area (TPSA) is 69.7 Å². The Morgan fingerprint density at radius 2 is 1.55 bits per heavy atom. The van der Waals surface area contributed by atoms with Crippen LogP contribution in [0.3, 0.4) is 0 Å². The molecule has 0 bridgehead atoms. The fourth-order valence-corrected chi connectivity index (χ4v) is 4.13. The van der Waals surface area contributed by atoms with E-state index in [1.54, 1.807) is 18.2 Å². The molecule has 0 aromatic heterocycles. The summed E-state index contributed by atoms with van der Waals surface area (Å²) < 4.78 is 26.7. The van der Waals surface area contributed by atoms with Crippen LogP contribution in [0.4, 0.5) is 5.69 Å². The van der Waals surface area contributed by atoms with Gasteiger partial charge in [-0.3, -0.25) is 4.79 Å². The normalized spacial score (nSPS) is 11.6. The van der Waals surface area contributed by atoms with Crippen LogP contribution in [0.25, 0.3) is 10.8 Å². The third-order valence-electron chi connectivity index (χ3n) is 4.74. The lowest BCUT2D eigenvalue weighted by Gasteiger charge is -2.17. The Morgan fingerprint density at radius 3 is 2.21 bits per heavy atom. The first kappa shape index (κ1) is 20.8. The van der Waals surface area contributed by atoms with Gasteiger partial charge in [-0.15, -0.1) is 0 Å². The first-order valence-electron chi connectivity index (χ1n) is 9.25. The highest BCUT2D eigenvalue weighted by molar-refractivity contribution is 7.89. The summed E-state index contributed by atoms with van der Waals surface area (Å²) in [4.78, 5) is 14.4. The van der Waals surface area contributed by atoms with E-state index >= 15 is 0 Å². The van der Waals surface area contributed by atoms with E-state index in [1.165, 1.54) is 7.05 Å². The molecule has 0 atom stereocenters. The molecule has 29 heavy (non-hydrogen) atoms. The highest BCUT2D eigenvalue weighted by Crippen LogP contribution is 2.21. The lowest BCUT2D eigenvalue weighted by molar-refractivity contribution is -0.121. The number of likely N-dealkylation sites (N-methyl/N-ethyl adjacent to an activating group) is 1. The standard InChI is InChI=1S/C22H25N3O3S/c1-24(2)20-11-8-17(9-12-20)15-23-22(26)16-25(3)29(27,28)21-13-10-18-6-4-5-7-19(18)14-21/h4-14H,15-16H2,1-3H3,(H,23,26). The van der Waals surface area contributed by atoms with Crippen molar-refractivity contribution in [2.75, 3.05) is 32.6 Å². The van der Waals surface area contributed by atoms with Crippen LogP contribution < -0.4 is 10.2 Å². The number of anilines is 1. The molecule has 0 unspecified atom stereocenters. The average molecular weight is 412 g/mol. The highest BCUT2D eigenvalue weighted by Gasteiger charge is 2.23. The number of hydrogen-bond donors (Lipinski definition) is 1. The molecule has 0 spiro atoms. The van der Waals surface area contributed by atoms with Crippen LogP contribution in [0.2, 0.25) is 0 Å². The number of sulfonamides is 1. The van der Waals surface area contributed by atoms with E-state index in [4.69, 9.17) is 0 Å². The lowest BCUT2D eigenvalue weighted by Crippen LogP contribution is -2.38. The summed E-state index contributed by atoms with van der Waals surface area (Å²) in [7, 11) is 1.58. The van der Waals surface area contributed by atoms with Gasteiger partial charge in [0.15, 0.2) is 0 Å². The predicted octanol–water partition coefficient (Wildman–Crippen LogP) is 2.84. The molecule has 3 rings (SSSR count). The molecule has 0 heterocycles. The number of benzene rings is 3. The quantitative estimate of drug-likeness (QED) is 0.649. The van der Waals surface area contributed by atoms with Crippen molar-refractivity contribution in [3.05, 3.63) is 72.3 Å². The predicted molar refractivity (Wildman–Crippen MR) is 116 cm³/mol. The second kappa shape index (κ2) is 8.63. The molecule has 1 amide bonds. The minimum Gasteiger partial charge on any atom is -0.378 e. The first-order chi connectivity index (χ1) is 13.8. The molecule has 0 radical (unpaired) electrons. The number of fused-ring (bicyclic) bond motifs is 1. The molecule has 0 aliphatic rings. The van der Waals surface area contributed by atoms with Gasteiger partial charge >= 0.3 is 0 Å². The molecule has 7 heteroatoms. The number of amides is 1. The summed E-state index contributed by atoms with van der Waals surface area (Å²) in [5, 5.41) is 4.58. The van der Waals surface area contributed by atoms with Crippen LogP contribution >= 0.6 is 0 Å². The number of nitrogens with zero attached hydrogens (tertiary/aromatic N) is 2. The SMILES string of the molecule is CN(C)c1ccc(CNC(=O)CN(C)S(=O)(=O)c2ccc3ccccc3c2)cc1. The van der Waals surface area contributed by atoms with Crippen molar-refractivity contribution in [2.45, 2.75) is 11.4 Å². The molecular formula is C22H25N3O3S. The van der Waals surface area contributed by atoms with E-state index in [0.717, 1.165) is 26.3 Å². The van der Waals surface area contributed by atoms with Crippen molar-refractivity contribution in [3.63, 3.8) is 0 Å². The highest BCUT2D eigenvalue weighted by atomic mass is 32.2. The van der Waals surface area contributed by atoms with Crippen LogP contribution in [-0.2, 0) is 21.4 Å². The van der Waals surface area contributed by atoms with Crippen LogP contribution in [-0.4, -0.2) is 46.3 Å². The van der Waals surface area contributed by atoms with Gasteiger partial charge in [-0.25, -0.2) is 8.42 Å². The molecule has 0 fully saturated rings. The Bertz CT molecular complexity index is 1110. The largest absolute Gasteiger partial charge is 0.378 e. The second-order valence-electron chi connectivity index (χ2n) is 7.11. The van der Waals surface area contributed by atoms with E-state index in [1.807, 2.05) is 67.5 Å². The van der Waals surface area contributed by atoms with Crippen LogP contribution in [0.5, 0.6) is 0 Å². The van der Waals surface area contributed by atoms with Crippen LogP contribution in [0, 0.1) is 0 Å². The maximum Gasteiger partial charge on any atom is 0.243 e.